The molecule has 16 heavy (non-hydrogen) atoms. The van der Waals surface area contributed by atoms with Crippen molar-refractivity contribution in [3.8, 4) is 0 Å². The highest BCUT2D eigenvalue weighted by Crippen LogP contribution is 2.22. The first kappa shape index (κ1) is 12.3. The van der Waals surface area contributed by atoms with Crippen molar-refractivity contribution in [3.63, 3.8) is 0 Å². The first-order valence-corrected chi connectivity index (χ1v) is 6.30. The third-order valence-corrected chi connectivity index (χ3v) is 4.05. The molecule has 0 bridgehead atoms. The van der Waals surface area contributed by atoms with Crippen molar-refractivity contribution in [1.82, 2.24) is 9.80 Å². The minimum atomic E-state index is 0.244. The molecule has 2 aliphatic rings. The van der Waals surface area contributed by atoms with Crippen molar-refractivity contribution in [1.29, 1.82) is 0 Å². The van der Waals surface area contributed by atoms with Gasteiger partial charge < -0.3 is 20.3 Å². The summed E-state index contributed by atoms with van der Waals surface area (Å²) in [5, 5.41) is 0. The molecule has 2 aliphatic heterocycles. The van der Waals surface area contributed by atoms with E-state index >= 15 is 0 Å². The number of hydrogen-bond donors (Lipinski definition) is 1. The maximum absolute atomic E-state index is 6.02. The highest BCUT2D eigenvalue weighted by atomic mass is 16.5. The highest BCUT2D eigenvalue weighted by Gasteiger charge is 2.34. The third kappa shape index (κ3) is 2.56. The molecule has 4 unspecified atom stereocenters. The van der Waals surface area contributed by atoms with Gasteiger partial charge >= 0.3 is 0 Å². The van der Waals surface area contributed by atoms with E-state index in [1.54, 1.807) is 0 Å². The van der Waals surface area contributed by atoms with Gasteiger partial charge in [0.25, 0.3) is 0 Å². The van der Waals surface area contributed by atoms with E-state index in [1.165, 1.54) is 13.1 Å². The van der Waals surface area contributed by atoms with Gasteiger partial charge in [-0.15, -0.1) is 0 Å². The molecule has 2 N–H and O–H groups in total. The number of rotatable bonds is 3. The summed E-state index contributed by atoms with van der Waals surface area (Å²) in [6.45, 7) is 7.42. The van der Waals surface area contributed by atoms with Crippen LogP contribution < -0.4 is 5.73 Å². The molecule has 0 amide bonds. The average molecular weight is 227 g/mol. The van der Waals surface area contributed by atoms with Gasteiger partial charge in [-0.1, -0.05) is 6.92 Å². The minimum absolute atomic E-state index is 0.244. The Morgan fingerprint density at radius 1 is 1.31 bits per heavy atom. The highest BCUT2D eigenvalue weighted by molar-refractivity contribution is 4.89. The fraction of sp³-hybridized carbons (Fsp3) is 1.00. The van der Waals surface area contributed by atoms with Gasteiger partial charge in [-0.3, -0.25) is 0 Å². The Kier molecular flexibility index (Phi) is 3.85. The van der Waals surface area contributed by atoms with E-state index in [9.17, 15) is 0 Å². The van der Waals surface area contributed by atoms with Crippen molar-refractivity contribution < 1.29 is 4.74 Å². The molecule has 0 aliphatic carbocycles. The Hall–Kier alpha value is -0.160. The van der Waals surface area contributed by atoms with Crippen LogP contribution in [0.3, 0.4) is 0 Å². The summed E-state index contributed by atoms with van der Waals surface area (Å²) in [6, 6.07) is 0.937. The molecular weight excluding hydrogens is 202 g/mol. The molecule has 0 aromatic carbocycles. The quantitative estimate of drug-likeness (QED) is 0.727. The van der Waals surface area contributed by atoms with E-state index in [0.29, 0.717) is 12.0 Å². The fourth-order valence-corrected chi connectivity index (χ4v) is 3.00. The molecule has 2 heterocycles. The second-order valence-corrected chi connectivity index (χ2v) is 5.69. The molecule has 2 rings (SSSR count). The second kappa shape index (κ2) is 5.00. The molecule has 0 saturated carbocycles. The molecule has 0 radical (unpaired) electrons. The Labute approximate surface area is 98.7 Å². The van der Waals surface area contributed by atoms with Gasteiger partial charge in [-0.2, -0.15) is 0 Å². The average Bonchev–Trinajstić information content (AvgIpc) is 2.75. The Morgan fingerprint density at radius 3 is 2.56 bits per heavy atom. The van der Waals surface area contributed by atoms with Crippen LogP contribution in [0, 0.1) is 11.8 Å². The summed E-state index contributed by atoms with van der Waals surface area (Å²) < 4.78 is 5.42. The van der Waals surface area contributed by atoms with Crippen LogP contribution >= 0.6 is 0 Å². The molecule has 0 aromatic rings. The number of nitrogens with two attached hydrogens (primary N) is 1. The van der Waals surface area contributed by atoms with Gasteiger partial charge in [0.1, 0.15) is 0 Å². The van der Waals surface area contributed by atoms with Gasteiger partial charge in [0.05, 0.1) is 13.2 Å². The third-order valence-electron chi connectivity index (χ3n) is 4.05. The van der Waals surface area contributed by atoms with Crippen LogP contribution in [0.15, 0.2) is 0 Å². The number of hydrogen-bond acceptors (Lipinski definition) is 4. The van der Waals surface area contributed by atoms with Crippen LogP contribution in [0.1, 0.15) is 6.92 Å². The first-order chi connectivity index (χ1) is 7.58. The van der Waals surface area contributed by atoms with Crippen LogP contribution in [0.2, 0.25) is 0 Å². The fourth-order valence-electron chi connectivity index (χ4n) is 3.00. The van der Waals surface area contributed by atoms with Crippen LogP contribution in [0.4, 0.5) is 0 Å². The van der Waals surface area contributed by atoms with Gasteiger partial charge in [-0.05, 0) is 20.0 Å². The Balaban J connectivity index is 1.84. The summed E-state index contributed by atoms with van der Waals surface area (Å²) in [7, 11) is 4.35. The lowest BCUT2D eigenvalue weighted by Gasteiger charge is -2.24. The number of likely N-dealkylation sites (tertiary alicyclic amines) is 1. The van der Waals surface area contributed by atoms with Crippen LogP contribution in [-0.4, -0.2) is 68.8 Å². The summed E-state index contributed by atoms with van der Waals surface area (Å²) in [5.41, 5.74) is 6.02. The minimum Gasteiger partial charge on any atom is -0.379 e. The van der Waals surface area contributed by atoms with Gasteiger partial charge in [0.2, 0.25) is 0 Å². The summed E-state index contributed by atoms with van der Waals surface area (Å²) in [6.07, 6.45) is 0. The van der Waals surface area contributed by atoms with Gasteiger partial charge in [-0.25, -0.2) is 0 Å². The molecule has 94 valence electrons. The summed E-state index contributed by atoms with van der Waals surface area (Å²) in [5.74, 6) is 1.29. The smallest absolute Gasteiger partial charge is 0.0621 e. The molecule has 4 atom stereocenters. The second-order valence-electron chi connectivity index (χ2n) is 5.69. The van der Waals surface area contributed by atoms with Crippen LogP contribution in [0.25, 0.3) is 0 Å². The van der Waals surface area contributed by atoms with Crippen LogP contribution in [0.5, 0.6) is 0 Å². The van der Waals surface area contributed by atoms with E-state index in [-0.39, 0.29) is 6.04 Å². The van der Waals surface area contributed by atoms with E-state index in [4.69, 9.17) is 10.5 Å². The summed E-state index contributed by atoms with van der Waals surface area (Å²) in [4.78, 5) is 4.89. The SMILES string of the molecule is CC1CN(CC2COCC2N)CC1N(C)C. The standard InChI is InChI=1S/C12H25N3O/c1-9-4-15(6-12(9)14(2)3)5-10-7-16-8-11(10)13/h9-12H,4-8,13H2,1-3H3. The zero-order valence-corrected chi connectivity index (χ0v) is 10.7. The maximum Gasteiger partial charge on any atom is 0.0621 e. The molecular formula is C12H25N3O. The largest absolute Gasteiger partial charge is 0.379 e. The monoisotopic (exact) mass is 227 g/mol. The van der Waals surface area contributed by atoms with Gasteiger partial charge in [0.15, 0.2) is 0 Å². The predicted molar refractivity (Wildman–Crippen MR) is 65.4 cm³/mol. The lowest BCUT2D eigenvalue weighted by atomic mass is 10.0. The number of ether oxygens (including phenoxy) is 1. The lowest BCUT2D eigenvalue weighted by molar-refractivity contribution is 0.171. The molecule has 0 aromatic heterocycles. The lowest BCUT2D eigenvalue weighted by Crippen LogP contribution is -2.39. The molecule has 4 heteroatoms. The van der Waals surface area contributed by atoms with Crippen molar-refractivity contribution in [2.75, 3.05) is 46.9 Å². The molecule has 2 fully saturated rings. The number of nitrogens with zero attached hydrogens (tertiary/aromatic N) is 2. The van der Waals surface area contributed by atoms with Crippen LogP contribution in [-0.2, 0) is 4.74 Å². The topological polar surface area (TPSA) is 41.7 Å². The van der Waals surface area contributed by atoms with Gasteiger partial charge in [0, 0.05) is 37.6 Å². The number of likely N-dealkylation sites (N-methyl/N-ethyl adjacent to an activating group) is 1. The van der Waals surface area contributed by atoms with Crippen molar-refractivity contribution in [2.24, 2.45) is 17.6 Å². The summed E-state index contributed by atoms with van der Waals surface area (Å²) >= 11 is 0. The van der Waals surface area contributed by atoms with E-state index in [0.717, 1.165) is 25.7 Å². The Bertz CT molecular complexity index is 234. The van der Waals surface area contributed by atoms with Crippen molar-refractivity contribution >= 4 is 0 Å². The molecule has 4 nitrogen and oxygen atoms in total. The van der Waals surface area contributed by atoms with E-state index in [2.05, 4.69) is 30.8 Å². The van der Waals surface area contributed by atoms with Crippen molar-refractivity contribution in [3.05, 3.63) is 0 Å². The van der Waals surface area contributed by atoms with Crippen molar-refractivity contribution in [2.45, 2.75) is 19.0 Å². The first-order valence-electron chi connectivity index (χ1n) is 6.30. The predicted octanol–water partition coefficient (Wildman–Crippen LogP) is -0.158. The Morgan fingerprint density at radius 2 is 2.06 bits per heavy atom. The molecule has 2 saturated heterocycles. The van der Waals surface area contributed by atoms with E-state index < -0.39 is 0 Å². The zero-order valence-electron chi connectivity index (χ0n) is 10.7. The zero-order chi connectivity index (χ0) is 11.7. The maximum atomic E-state index is 6.02. The normalized spacial score (nSPS) is 41.1. The van der Waals surface area contributed by atoms with E-state index in [1.807, 2.05) is 0 Å². The molecule has 0 spiro atoms.